The molecule has 0 bridgehead atoms. The third kappa shape index (κ3) is 2.64. The fraction of sp³-hybridized carbons (Fsp3) is 0.200. The Morgan fingerprint density at radius 3 is 1.62 bits per heavy atom. The van der Waals surface area contributed by atoms with E-state index < -0.39 is 5.54 Å². The third-order valence-corrected chi connectivity index (χ3v) is 6.14. The van der Waals surface area contributed by atoms with E-state index in [-0.39, 0.29) is 11.6 Å². The van der Waals surface area contributed by atoms with Gasteiger partial charge in [0.1, 0.15) is 0 Å². The molecular weight excluding hydrogens is 360 g/mol. The Morgan fingerprint density at radius 1 is 0.586 bits per heavy atom. The normalized spacial score (nSPS) is 18.7. The average molecular weight is 382 g/mol. The highest BCUT2D eigenvalue weighted by Gasteiger charge is 2.58. The van der Waals surface area contributed by atoms with Gasteiger partial charge in [-0.25, -0.2) is 0 Å². The molecule has 5 rings (SSSR count). The van der Waals surface area contributed by atoms with Crippen LogP contribution in [-0.2, 0) is 5.54 Å². The number of rotatable bonds is 3. The molecule has 1 heterocycles. The Morgan fingerprint density at radius 2 is 1.07 bits per heavy atom. The molecule has 0 atom stereocenters. The van der Waals surface area contributed by atoms with Crippen molar-refractivity contribution in [2.45, 2.75) is 5.54 Å². The van der Waals surface area contributed by atoms with E-state index in [1.807, 2.05) is 60.7 Å². The fourth-order valence-corrected chi connectivity index (χ4v) is 4.72. The van der Waals surface area contributed by atoms with Gasteiger partial charge in [-0.05, 0) is 17.7 Å². The molecular formula is C25H22N2O2. The number of para-hydroxylation sites is 1. The van der Waals surface area contributed by atoms with Crippen LogP contribution in [0.25, 0.3) is 0 Å². The molecule has 4 heteroatoms. The number of carbonyl (C=O) groups is 2. The second-order valence-corrected chi connectivity index (χ2v) is 7.59. The maximum absolute atomic E-state index is 13.7. The van der Waals surface area contributed by atoms with E-state index >= 15 is 0 Å². The van der Waals surface area contributed by atoms with Gasteiger partial charge < -0.3 is 4.90 Å². The van der Waals surface area contributed by atoms with Crippen LogP contribution < -0.4 is 4.90 Å². The summed E-state index contributed by atoms with van der Waals surface area (Å²) in [6, 6.07) is 27.0. The van der Waals surface area contributed by atoms with Crippen LogP contribution in [0, 0.1) is 0 Å². The summed E-state index contributed by atoms with van der Waals surface area (Å²) in [5, 5.41) is 0. The number of Topliss-reactive ketones (excluding diaryl/α,β-unsaturated/α-hetero) is 2. The quantitative estimate of drug-likeness (QED) is 0.647. The van der Waals surface area contributed by atoms with Gasteiger partial charge in [-0.2, -0.15) is 0 Å². The van der Waals surface area contributed by atoms with E-state index in [1.165, 1.54) is 5.69 Å². The van der Waals surface area contributed by atoms with Crippen LogP contribution in [0.4, 0.5) is 5.69 Å². The van der Waals surface area contributed by atoms with Gasteiger partial charge in [0.05, 0.1) is 0 Å². The Balaban J connectivity index is 1.54. The van der Waals surface area contributed by atoms with E-state index in [1.54, 1.807) is 12.1 Å². The molecule has 0 amide bonds. The highest BCUT2D eigenvalue weighted by molar-refractivity contribution is 6.32. The first kappa shape index (κ1) is 17.8. The van der Waals surface area contributed by atoms with Gasteiger partial charge in [0.2, 0.25) is 0 Å². The number of hydrogen-bond donors (Lipinski definition) is 0. The van der Waals surface area contributed by atoms with Crippen molar-refractivity contribution in [3.63, 3.8) is 0 Å². The molecule has 0 spiro atoms. The first-order valence-electron chi connectivity index (χ1n) is 10.0. The first-order valence-corrected chi connectivity index (χ1v) is 10.0. The summed E-state index contributed by atoms with van der Waals surface area (Å²) in [6.45, 7) is 2.84. The molecule has 1 fully saturated rings. The molecule has 4 nitrogen and oxygen atoms in total. The van der Waals surface area contributed by atoms with Crippen molar-refractivity contribution in [1.29, 1.82) is 0 Å². The number of carbonyl (C=O) groups excluding carboxylic acids is 2. The molecule has 29 heavy (non-hydrogen) atoms. The lowest BCUT2D eigenvalue weighted by Gasteiger charge is -2.44. The van der Waals surface area contributed by atoms with Crippen LogP contribution in [0.15, 0.2) is 84.9 Å². The number of piperazine rings is 1. The van der Waals surface area contributed by atoms with Gasteiger partial charge in [0.25, 0.3) is 0 Å². The highest BCUT2D eigenvalue weighted by Crippen LogP contribution is 2.43. The van der Waals surface area contributed by atoms with Crippen molar-refractivity contribution in [2.75, 3.05) is 31.1 Å². The molecule has 2 aliphatic rings. The summed E-state index contributed by atoms with van der Waals surface area (Å²) in [5.74, 6) is -0.199. The topological polar surface area (TPSA) is 40.6 Å². The van der Waals surface area contributed by atoms with Crippen LogP contribution in [0.1, 0.15) is 26.3 Å². The van der Waals surface area contributed by atoms with Crippen LogP contribution in [-0.4, -0.2) is 42.6 Å². The van der Waals surface area contributed by atoms with Crippen molar-refractivity contribution >= 4 is 17.3 Å². The molecule has 0 N–H and O–H groups in total. The van der Waals surface area contributed by atoms with Crippen molar-refractivity contribution in [3.8, 4) is 0 Å². The molecule has 3 aromatic carbocycles. The van der Waals surface area contributed by atoms with Crippen molar-refractivity contribution in [2.24, 2.45) is 0 Å². The lowest BCUT2D eigenvalue weighted by Crippen LogP contribution is -2.60. The number of benzene rings is 3. The van der Waals surface area contributed by atoms with Crippen LogP contribution in [0.2, 0.25) is 0 Å². The molecule has 0 saturated carbocycles. The third-order valence-electron chi connectivity index (χ3n) is 6.14. The van der Waals surface area contributed by atoms with Gasteiger partial charge in [0, 0.05) is 43.0 Å². The molecule has 3 aromatic rings. The van der Waals surface area contributed by atoms with Crippen LogP contribution in [0.5, 0.6) is 0 Å². The SMILES string of the molecule is O=C1c2ccccc2C(=O)C1(c1ccccc1)N1CCN(c2ccccc2)CC1. The molecule has 144 valence electrons. The van der Waals surface area contributed by atoms with Crippen LogP contribution in [0.3, 0.4) is 0 Å². The Labute approximate surface area is 170 Å². The first-order chi connectivity index (χ1) is 14.2. The van der Waals surface area contributed by atoms with Crippen LogP contribution >= 0.6 is 0 Å². The zero-order valence-electron chi connectivity index (χ0n) is 16.1. The summed E-state index contributed by atoms with van der Waals surface area (Å²) in [4.78, 5) is 31.8. The van der Waals surface area contributed by atoms with E-state index in [2.05, 4.69) is 21.9 Å². The molecule has 0 radical (unpaired) electrons. The maximum atomic E-state index is 13.7. The number of ketones is 2. The van der Waals surface area contributed by atoms with Crippen molar-refractivity contribution in [3.05, 3.63) is 102 Å². The van der Waals surface area contributed by atoms with E-state index in [0.717, 1.165) is 18.7 Å². The van der Waals surface area contributed by atoms with Gasteiger partial charge in [-0.1, -0.05) is 72.8 Å². The second kappa shape index (κ2) is 6.98. The zero-order chi connectivity index (χ0) is 19.8. The standard InChI is InChI=1S/C25H22N2O2/c28-23-21-13-7-8-14-22(21)24(29)25(23,19-9-3-1-4-10-19)27-17-15-26(16-18-27)20-11-5-2-6-12-20/h1-14H,15-18H2. The Kier molecular flexibility index (Phi) is 4.29. The minimum Gasteiger partial charge on any atom is -0.369 e. The maximum Gasteiger partial charge on any atom is 0.196 e. The fourth-order valence-electron chi connectivity index (χ4n) is 4.72. The van der Waals surface area contributed by atoms with Gasteiger partial charge in [-0.15, -0.1) is 0 Å². The monoisotopic (exact) mass is 382 g/mol. The Bertz CT molecular complexity index is 1020. The number of anilines is 1. The predicted molar refractivity (Wildman–Crippen MR) is 113 cm³/mol. The number of hydrogen-bond acceptors (Lipinski definition) is 4. The predicted octanol–water partition coefficient (Wildman–Crippen LogP) is 3.78. The van der Waals surface area contributed by atoms with Gasteiger partial charge in [0.15, 0.2) is 17.1 Å². The molecule has 1 saturated heterocycles. The number of nitrogens with zero attached hydrogens (tertiary/aromatic N) is 2. The molecule has 0 aromatic heterocycles. The zero-order valence-corrected chi connectivity index (χ0v) is 16.1. The minimum atomic E-state index is -1.26. The van der Waals surface area contributed by atoms with E-state index in [0.29, 0.717) is 24.2 Å². The van der Waals surface area contributed by atoms with Gasteiger partial charge >= 0.3 is 0 Å². The second-order valence-electron chi connectivity index (χ2n) is 7.59. The molecule has 1 aliphatic carbocycles. The summed E-state index contributed by atoms with van der Waals surface area (Å²) in [6.07, 6.45) is 0. The van der Waals surface area contributed by atoms with Gasteiger partial charge in [-0.3, -0.25) is 14.5 Å². The largest absolute Gasteiger partial charge is 0.369 e. The summed E-state index contributed by atoms with van der Waals surface area (Å²) < 4.78 is 0. The number of fused-ring (bicyclic) bond motifs is 1. The van der Waals surface area contributed by atoms with E-state index in [4.69, 9.17) is 0 Å². The molecule has 1 aliphatic heterocycles. The van der Waals surface area contributed by atoms with Crippen molar-refractivity contribution < 1.29 is 9.59 Å². The summed E-state index contributed by atoms with van der Waals surface area (Å²) in [5.41, 5.74) is 1.75. The van der Waals surface area contributed by atoms with Crippen molar-refractivity contribution in [1.82, 2.24) is 4.90 Å². The minimum absolute atomic E-state index is 0.0996. The Hall–Kier alpha value is -3.24. The lowest BCUT2D eigenvalue weighted by molar-refractivity contribution is 0.0461. The molecule has 0 unspecified atom stereocenters. The highest BCUT2D eigenvalue weighted by atomic mass is 16.2. The van der Waals surface area contributed by atoms with E-state index in [9.17, 15) is 9.59 Å². The lowest BCUT2D eigenvalue weighted by atomic mass is 9.82. The summed E-state index contributed by atoms with van der Waals surface area (Å²) >= 11 is 0. The average Bonchev–Trinajstić information content (AvgIpc) is 3.03. The smallest absolute Gasteiger partial charge is 0.196 e. The summed E-state index contributed by atoms with van der Waals surface area (Å²) in [7, 11) is 0.